The fraction of sp³-hybridized carbons (Fsp3) is 0.167. The van der Waals surface area contributed by atoms with Gasteiger partial charge >= 0.3 is 5.97 Å². The van der Waals surface area contributed by atoms with Crippen LogP contribution >= 0.6 is 0 Å². The van der Waals surface area contributed by atoms with Crippen LogP contribution in [0.25, 0.3) is 0 Å². The second-order valence-corrected chi connectivity index (χ2v) is 2.89. The van der Waals surface area contributed by atoms with Crippen molar-refractivity contribution in [3.05, 3.63) is 48.0 Å². The summed E-state index contributed by atoms with van der Waals surface area (Å²) in [6.45, 7) is 5.34. The van der Waals surface area contributed by atoms with Crippen molar-refractivity contribution in [3.63, 3.8) is 0 Å². The monoisotopic (exact) mass is 204 g/mol. The molecule has 1 rings (SSSR count). The van der Waals surface area contributed by atoms with Crippen molar-refractivity contribution >= 4 is 11.8 Å². The normalized spacial score (nSPS) is 9.40. The molecule has 0 unspecified atom stereocenters. The molecule has 78 valence electrons. The zero-order chi connectivity index (χ0) is 11.3. The van der Waals surface area contributed by atoms with E-state index in [1.807, 2.05) is 0 Å². The Balaban J connectivity index is 2.78. The van der Waals surface area contributed by atoms with Gasteiger partial charge in [-0.15, -0.1) is 0 Å². The number of hydrogen-bond acceptors (Lipinski definition) is 3. The lowest BCUT2D eigenvalue weighted by molar-refractivity contribution is -0.138. The molecule has 0 N–H and O–H groups in total. The topological polar surface area (TPSA) is 43.4 Å². The standard InChI is InChI=1S/C12H12O3/c1-3-15-12(14)9(2)11(13)10-7-5-4-6-8-10/h4-8H,2-3H2,1H3. The first-order chi connectivity index (χ1) is 7.16. The van der Waals surface area contributed by atoms with Crippen LogP contribution in [0.5, 0.6) is 0 Å². The van der Waals surface area contributed by atoms with Gasteiger partial charge in [0.1, 0.15) is 5.57 Å². The van der Waals surface area contributed by atoms with E-state index < -0.39 is 11.8 Å². The third kappa shape index (κ3) is 2.77. The number of carbonyl (C=O) groups excluding carboxylic acids is 2. The Morgan fingerprint density at radius 2 is 1.87 bits per heavy atom. The van der Waals surface area contributed by atoms with E-state index in [1.165, 1.54) is 0 Å². The highest BCUT2D eigenvalue weighted by molar-refractivity contribution is 6.23. The first-order valence-corrected chi connectivity index (χ1v) is 4.62. The van der Waals surface area contributed by atoms with E-state index in [2.05, 4.69) is 11.3 Å². The van der Waals surface area contributed by atoms with Crippen molar-refractivity contribution in [1.29, 1.82) is 0 Å². The Kier molecular flexibility index (Phi) is 3.80. The predicted octanol–water partition coefficient (Wildman–Crippen LogP) is 1.99. The van der Waals surface area contributed by atoms with Crippen molar-refractivity contribution in [2.45, 2.75) is 6.92 Å². The summed E-state index contributed by atoms with van der Waals surface area (Å²) in [6, 6.07) is 8.51. The third-order valence-electron chi connectivity index (χ3n) is 1.83. The molecule has 1 aromatic carbocycles. The Labute approximate surface area is 88.4 Å². The van der Waals surface area contributed by atoms with Crippen LogP contribution in [0.4, 0.5) is 0 Å². The van der Waals surface area contributed by atoms with Gasteiger partial charge in [-0.25, -0.2) is 4.79 Å². The Morgan fingerprint density at radius 3 is 2.40 bits per heavy atom. The summed E-state index contributed by atoms with van der Waals surface area (Å²) in [5.74, 6) is -1.06. The lowest BCUT2D eigenvalue weighted by atomic mass is 10.1. The molecule has 0 aliphatic rings. The Hall–Kier alpha value is -1.90. The molecule has 0 bridgehead atoms. The zero-order valence-corrected chi connectivity index (χ0v) is 8.53. The van der Waals surface area contributed by atoms with Crippen LogP contribution in [0.2, 0.25) is 0 Å². The quantitative estimate of drug-likeness (QED) is 0.248. The molecule has 0 atom stereocenters. The molecule has 3 nitrogen and oxygen atoms in total. The number of ketones is 1. The fourth-order valence-electron chi connectivity index (χ4n) is 1.07. The molecule has 0 fully saturated rings. The second kappa shape index (κ2) is 5.10. The third-order valence-corrected chi connectivity index (χ3v) is 1.83. The van der Waals surface area contributed by atoms with Crippen LogP contribution in [0.3, 0.4) is 0 Å². The van der Waals surface area contributed by atoms with Gasteiger partial charge < -0.3 is 4.74 Å². The molecular formula is C12H12O3. The number of rotatable bonds is 4. The maximum atomic E-state index is 11.7. The lowest BCUT2D eigenvalue weighted by Gasteiger charge is -2.03. The maximum absolute atomic E-state index is 11.7. The minimum atomic E-state index is -0.661. The molecule has 1 aromatic rings. The van der Waals surface area contributed by atoms with Gasteiger partial charge in [-0.05, 0) is 6.92 Å². The summed E-state index contributed by atoms with van der Waals surface area (Å²) in [6.07, 6.45) is 0. The van der Waals surface area contributed by atoms with Crippen LogP contribution < -0.4 is 0 Å². The average Bonchev–Trinajstić information content (AvgIpc) is 2.28. The molecule has 0 saturated carbocycles. The van der Waals surface area contributed by atoms with Gasteiger partial charge in [0.15, 0.2) is 5.78 Å². The number of hydrogen-bond donors (Lipinski definition) is 0. The summed E-state index contributed by atoms with van der Waals surface area (Å²) in [5.41, 5.74) is 0.304. The van der Waals surface area contributed by atoms with E-state index in [0.29, 0.717) is 5.56 Å². The molecule has 3 heteroatoms. The molecule has 0 spiro atoms. The Morgan fingerprint density at radius 1 is 1.27 bits per heavy atom. The number of benzene rings is 1. The minimum absolute atomic E-state index is 0.136. The number of esters is 1. The predicted molar refractivity (Wildman–Crippen MR) is 56.5 cm³/mol. The van der Waals surface area contributed by atoms with E-state index in [0.717, 1.165) is 0 Å². The van der Waals surface area contributed by atoms with E-state index >= 15 is 0 Å². The SMILES string of the molecule is C=C(C(=O)OCC)C(=O)c1ccccc1. The summed E-state index contributed by atoms with van der Waals surface area (Å²) >= 11 is 0. The van der Waals surface area contributed by atoms with Crippen molar-refractivity contribution < 1.29 is 14.3 Å². The first kappa shape index (κ1) is 11.2. The van der Waals surface area contributed by atoms with Gasteiger partial charge in [0.25, 0.3) is 0 Å². The molecule has 0 aromatic heterocycles. The largest absolute Gasteiger partial charge is 0.462 e. The van der Waals surface area contributed by atoms with Gasteiger partial charge in [-0.1, -0.05) is 36.9 Å². The molecule has 0 amide bonds. The van der Waals surface area contributed by atoms with Crippen LogP contribution in [0.15, 0.2) is 42.5 Å². The molecule has 0 aliphatic carbocycles. The molecule has 0 heterocycles. The van der Waals surface area contributed by atoms with Crippen LogP contribution in [0.1, 0.15) is 17.3 Å². The second-order valence-electron chi connectivity index (χ2n) is 2.89. The highest BCUT2D eigenvalue weighted by Gasteiger charge is 2.17. The summed E-state index contributed by atoms with van der Waals surface area (Å²) in [5, 5.41) is 0. The van der Waals surface area contributed by atoms with Crippen LogP contribution in [-0.2, 0) is 9.53 Å². The Bertz CT molecular complexity index is 379. The van der Waals surface area contributed by atoms with E-state index in [1.54, 1.807) is 37.3 Å². The summed E-state index contributed by atoms with van der Waals surface area (Å²) in [7, 11) is 0. The lowest BCUT2D eigenvalue weighted by Crippen LogP contribution is -2.14. The van der Waals surface area contributed by atoms with Crippen molar-refractivity contribution in [2.24, 2.45) is 0 Å². The smallest absolute Gasteiger partial charge is 0.341 e. The fourth-order valence-corrected chi connectivity index (χ4v) is 1.07. The molecular weight excluding hydrogens is 192 g/mol. The molecule has 0 saturated heterocycles. The van der Waals surface area contributed by atoms with Crippen LogP contribution in [-0.4, -0.2) is 18.4 Å². The maximum Gasteiger partial charge on any atom is 0.341 e. The summed E-state index contributed by atoms with van der Waals surface area (Å²) < 4.78 is 4.69. The molecule has 0 aliphatic heterocycles. The van der Waals surface area contributed by atoms with Gasteiger partial charge in [0, 0.05) is 5.56 Å². The molecule has 0 radical (unpaired) electrons. The highest BCUT2D eigenvalue weighted by atomic mass is 16.5. The van der Waals surface area contributed by atoms with E-state index in [4.69, 9.17) is 0 Å². The van der Waals surface area contributed by atoms with Crippen LogP contribution in [0, 0.1) is 0 Å². The zero-order valence-electron chi connectivity index (χ0n) is 8.53. The number of ether oxygens (including phenoxy) is 1. The average molecular weight is 204 g/mol. The van der Waals surface area contributed by atoms with Crippen molar-refractivity contribution in [3.8, 4) is 0 Å². The molecule has 15 heavy (non-hydrogen) atoms. The highest BCUT2D eigenvalue weighted by Crippen LogP contribution is 2.07. The van der Waals surface area contributed by atoms with Gasteiger partial charge in [-0.3, -0.25) is 4.79 Å². The van der Waals surface area contributed by atoms with E-state index in [-0.39, 0.29) is 12.2 Å². The number of Topliss-reactive ketones (excluding diaryl/α,β-unsaturated/α-hetero) is 1. The minimum Gasteiger partial charge on any atom is -0.462 e. The van der Waals surface area contributed by atoms with Crippen molar-refractivity contribution in [2.75, 3.05) is 6.61 Å². The van der Waals surface area contributed by atoms with Gasteiger partial charge in [-0.2, -0.15) is 0 Å². The summed E-state index contributed by atoms with van der Waals surface area (Å²) in [4.78, 5) is 22.9. The van der Waals surface area contributed by atoms with Gasteiger partial charge in [0.2, 0.25) is 0 Å². The first-order valence-electron chi connectivity index (χ1n) is 4.62. The number of carbonyl (C=O) groups is 2. The van der Waals surface area contributed by atoms with Crippen molar-refractivity contribution in [1.82, 2.24) is 0 Å². The van der Waals surface area contributed by atoms with Gasteiger partial charge in [0.05, 0.1) is 6.61 Å². The van der Waals surface area contributed by atoms with E-state index in [9.17, 15) is 9.59 Å².